The van der Waals surface area contributed by atoms with E-state index in [0.29, 0.717) is 29.6 Å². The monoisotopic (exact) mass is 637 g/mol. The molecule has 1 fully saturated rings. The van der Waals surface area contributed by atoms with Crippen LogP contribution in [0.4, 0.5) is 4.79 Å². The summed E-state index contributed by atoms with van der Waals surface area (Å²) in [5.41, 5.74) is 3.03. The van der Waals surface area contributed by atoms with Crippen molar-refractivity contribution >= 4 is 27.5 Å². The molecule has 1 N–H and O–H groups in total. The fourth-order valence-corrected chi connectivity index (χ4v) is 7.86. The number of benzene rings is 3. The van der Waals surface area contributed by atoms with E-state index < -0.39 is 15.4 Å². The van der Waals surface area contributed by atoms with Crippen LogP contribution in [-0.4, -0.2) is 68.5 Å². The molecule has 1 atom stereocenters. The second-order valence-electron chi connectivity index (χ2n) is 13.2. The molecule has 1 unspecified atom stereocenters. The fourth-order valence-electron chi connectivity index (χ4n) is 6.54. The number of nitrogens with zero attached hydrogens (tertiary/aromatic N) is 2. The summed E-state index contributed by atoms with van der Waals surface area (Å²) in [6.07, 6.45) is 2.53. The minimum absolute atomic E-state index is 0.0953. The van der Waals surface area contributed by atoms with E-state index in [4.69, 9.17) is 16.3 Å². The fraction of sp³-hybridized carbons (Fsp3) is 0.457. The van der Waals surface area contributed by atoms with Crippen LogP contribution in [0.1, 0.15) is 62.6 Å². The molecule has 2 aliphatic heterocycles. The van der Waals surface area contributed by atoms with Gasteiger partial charge in [0.15, 0.2) is 9.84 Å². The normalized spacial score (nSPS) is 17.7. The van der Waals surface area contributed by atoms with E-state index in [-0.39, 0.29) is 23.3 Å². The Bertz CT molecular complexity index is 1530. The molecule has 0 bridgehead atoms. The van der Waals surface area contributed by atoms with Gasteiger partial charge >= 0.3 is 6.09 Å². The summed E-state index contributed by atoms with van der Waals surface area (Å²) in [5.74, 6) is -0.0120. The Morgan fingerprint density at radius 3 is 2.41 bits per heavy atom. The molecule has 2 heterocycles. The van der Waals surface area contributed by atoms with Crippen LogP contribution in [0.2, 0.25) is 5.02 Å². The maximum atomic E-state index is 13.1. The summed E-state index contributed by atoms with van der Waals surface area (Å²) in [6, 6.07) is 25.0. The van der Waals surface area contributed by atoms with Crippen molar-refractivity contribution in [2.75, 3.05) is 38.6 Å². The van der Waals surface area contributed by atoms with Gasteiger partial charge in [0.05, 0.1) is 4.90 Å². The van der Waals surface area contributed by atoms with E-state index in [1.165, 1.54) is 11.1 Å². The topological polar surface area (TPSA) is 79.0 Å². The van der Waals surface area contributed by atoms with Crippen molar-refractivity contribution in [3.63, 3.8) is 0 Å². The van der Waals surface area contributed by atoms with Gasteiger partial charge in [0.1, 0.15) is 11.5 Å². The number of carbonyl (C=O) groups excluding carboxylic acids is 1. The number of ether oxygens (including phenoxy) is 1. The Labute approximate surface area is 267 Å². The highest BCUT2D eigenvalue weighted by molar-refractivity contribution is 7.91. The lowest BCUT2D eigenvalue weighted by atomic mass is 9.69. The van der Waals surface area contributed by atoms with Crippen LogP contribution in [0, 0.1) is 0 Å². The first kappa shape index (κ1) is 32.5. The molecule has 0 saturated carbocycles. The Balaban J connectivity index is 1.23. The molecule has 236 valence electrons. The number of halogens is 1. The van der Waals surface area contributed by atoms with Gasteiger partial charge in [0.25, 0.3) is 0 Å². The first-order chi connectivity index (χ1) is 20.9. The van der Waals surface area contributed by atoms with Gasteiger partial charge in [-0.25, -0.2) is 13.2 Å². The highest BCUT2D eigenvalue weighted by Gasteiger charge is 2.43. The lowest BCUT2D eigenvalue weighted by molar-refractivity contribution is 0.0105. The second-order valence-corrected chi connectivity index (χ2v) is 15.6. The largest absolute Gasteiger partial charge is 0.444 e. The molecular weight excluding hydrogens is 594 g/mol. The van der Waals surface area contributed by atoms with Crippen molar-refractivity contribution in [2.24, 2.45) is 0 Å². The first-order valence-electron chi connectivity index (χ1n) is 15.5. The highest BCUT2D eigenvalue weighted by atomic mass is 35.5. The standard InChI is InChI=1S/C35H44ClN3O4S/c1-34(2,3)43-33(40)39-24-29-10-7-8-15-32(29)35(25-39)17-20-38(21-18-35)19-16-28(27-11-9-12-30(36)22-27)23-37-26-44(41,42)31-13-5-4-6-14-31/h4-15,22,28,37H,16-21,23-26H2,1-3H3. The third-order valence-corrected chi connectivity index (χ3v) is 10.6. The number of amides is 1. The molecule has 9 heteroatoms. The summed E-state index contributed by atoms with van der Waals surface area (Å²) in [7, 11) is -3.43. The molecule has 3 aromatic carbocycles. The first-order valence-corrected chi connectivity index (χ1v) is 17.5. The van der Waals surface area contributed by atoms with Crippen molar-refractivity contribution in [3.8, 4) is 0 Å². The highest BCUT2D eigenvalue weighted by Crippen LogP contribution is 2.42. The number of sulfone groups is 1. The van der Waals surface area contributed by atoms with E-state index in [1.807, 2.05) is 49.9 Å². The minimum atomic E-state index is -3.43. The number of hydrogen-bond acceptors (Lipinski definition) is 6. The quantitative estimate of drug-likeness (QED) is 0.284. The van der Waals surface area contributed by atoms with Crippen LogP contribution >= 0.6 is 11.6 Å². The Morgan fingerprint density at radius 2 is 1.70 bits per heavy atom. The van der Waals surface area contributed by atoms with Crippen LogP contribution in [0.5, 0.6) is 0 Å². The number of rotatable bonds is 9. The number of carbonyl (C=O) groups is 1. The molecule has 5 rings (SSSR count). The van der Waals surface area contributed by atoms with Crippen molar-refractivity contribution in [3.05, 3.63) is 101 Å². The third kappa shape index (κ3) is 8.02. The SMILES string of the molecule is CC(C)(C)OC(=O)N1Cc2ccccc2C2(CCN(CCC(CNCS(=O)(=O)c3ccccc3)c3cccc(Cl)c3)CC2)C1. The number of piperidine rings is 1. The zero-order valence-corrected chi connectivity index (χ0v) is 27.5. The summed E-state index contributed by atoms with van der Waals surface area (Å²) in [4.78, 5) is 17.8. The number of hydrogen-bond donors (Lipinski definition) is 1. The summed E-state index contributed by atoms with van der Waals surface area (Å²) in [5, 5.41) is 3.90. The zero-order chi connectivity index (χ0) is 31.4. The van der Waals surface area contributed by atoms with Crippen molar-refractivity contribution < 1.29 is 17.9 Å². The predicted octanol–water partition coefficient (Wildman–Crippen LogP) is 6.62. The van der Waals surface area contributed by atoms with Gasteiger partial charge in [-0.2, -0.15) is 0 Å². The maximum Gasteiger partial charge on any atom is 0.410 e. The molecule has 1 saturated heterocycles. The van der Waals surface area contributed by atoms with Crippen molar-refractivity contribution in [2.45, 2.75) is 68.4 Å². The molecule has 44 heavy (non-hydrogen) atoms. The number of nitrogens with one attached hydrogen (secondary N) is 1. The second kappa shape index (κ2) is 13.6. The van der Waals surface area contributed by atoms with Gasteiger partial charge in [0.2, 0.25) is 0 Å². The summed E-state index contributed by atoms with van der Waals surface area (Å²) in [6.45, 7) is 10.2. The molecule has 3 aromatic rings. The van der Waals surface area contributed by atoms with E-state index in [9.17, 15) is 13.2 Å². The van der Waals surface area contributed by atoms with Crippen molar-refractivity contribution in [1.82, 2.24) is 15.1 Å². The zero-order valence-electron chi connectivity index (χ0n) is 26.0. The van der Waals surface area contributed by atoms with Gasteiger partial charge in [-0.05, 0) is 107 Å². The van der Waals surface area contributed by atoms with Crippen LogP contribution in [0.25, 0.3) is 0 Å². The Kier molecular flexibility index (Phi) is 10.0. The molecule has 1 spiro atoms. The molecule has 0 aromatic heterocycles. The van der Waals surface area contributed by atoms with Crippen LogP contribution in [0.15, 0.2) is 83.8 Å². The molecule has 0 radical (unpaired) electrons. The lowest BCUT2D eigenvalue weighted by Gasteiger charge is -2.48. The molecular formula is C35H44ClN3O4S. The average molecular weight is 638 g/mol. The molecule has 0 aliphatic carbocycles. The van der Waals surface area contributed by atoms with Crippen LogP contribution in [0.3, 0.4) is 0 Å². The lowest BCUT2D eigenvalue weighted by Crippen LogP contribution is -2.54. The predicted molar refractivity (Wildman–Crippen MR) is 176 cm³/mol. The van der Waals surface area contributed by atoms with Gasteiger partial charge in [-0.15, -0.1) is 0 Å². The van der Waals surface area contributed by atoms with E-state index in [0.717, 1.165) is 44.5 Å². The van der Waals surface area contributed by atoms with E-state index in [1.54, 1.807) is 24.3 Å². The van der Waals surface area contributed by atoms with Gasteiger partial charge in [0, 0.05) is 30.1 Å². The maximum absolute atomic E-state index is 13.1. The van der Waals surface area contributed by atoms with Crippen LogP contribution < -0.4 is 5.32 Å². The van der Waals surface area contributed by atoms with E-state index >= 15 is 0 Å². The Morgan fingerprint density at radius 1 is 1.00 bits per heavy atom. The molecule has 2 aliphatic rings. The van der Waals surface area contributed by atoms with Crippen LogP contribution in [-0.2, 0) is 26.5 Å². The van der Waals surface area contributed by atoms with E-state index in [2.05, 4.69) is 40.5 Å². The summed E-state index contributed by atoms with van der Waals surface area (Å²) < 4.78 is 31.5. The minimum Gasteiger partial charge on any atom is -0.444 e. The van der Waals surface area contributed by atoms with Gasteiger partial charge < -0.3 is 19.9 Å². The van der Waals surface area contributed by atoms with Crippen molar-refractivity contribution in [1.29, 1.82) is 0 Å². The summed E-state index contributed by atoms with van der Waals surface area (Å²) >= 11 is 6.35. The Hall–Kier alpha value is -2.91. The third-order valence-electron chi connectivity index (χ3n) is 8.81. The number of fused-ring (bicyclic) bond motifs is 2. The molecule has 7 nitrogen and oxygen atoms in total. The number of likely N-dealkylation sites (tertiary alicyclic amines) is 1. The smallest absolute Gasteiger partial charge is 0.410 e. The van der Waals surface area contributed by atoms with Gasteiger partial charge in [-0.1, -0.05) is 66.2 Å². The molecule has 1 amide bonds. The average Bonchev–Trinajstić information content (AvgIpc) is 2.99. The van der Waals surface area contributed by atoms with Gasteiger partial charge in [-0.3, -0.25) is 0 Å².